The van der Waals surface area contributed by atoms with Crippen LogP contribution < -0.4 is 5.73 Å². The first-order valence-electron chi connectivity index (χ1n) is 6.05. The highest BCUT2D eigenvalue weighted by Gasteiger charge is 2.13. The normalized spacial score (nSPS) is 12.8. The van der Waals surface area contributed by atoms with Crippen molar-refractivity contribution in [2.75, 3.05) is 0 Å². The maximum atomic E-state index is 6.41. The summed E-state index contributed by atoms with van der Waals surface area (Å²) in [7, 11) is 0. The van der Waals surface area contributed by atoms with E-state index in [1.807, 2.05) is 0 Å². The number of thiophene rings is 1. The van der Waals surface area contributed by atoms with Crippen LogP contribution in [0.15, 0.2) is 54.6 Å². The van der Waals surface area contributed by atoms with E-state index >= 15 is 0 Å². The van der Waals surface area contributed by atoms with Crippen molar-refractivity contribution in [1.29, 1.82) is 0 Å². The first-order valence-corrected chi connectivity index (χ1v) is 6.87. The predicted octanol–water partition coefficient (Wildman–Crippen LogP) is 4.26. The molecule has 1 aromatic heterocycles. The summed E-state index contributed by atoms with van der Waals surface area (Å²) >= 11 is 1.77. The summed E-state index contributed by atoms with van der Waals surface area (Å²) in [6.07, 6.45) is 0. The summed E-state index contributed by atoms with van der Waals surface area (Å²) in [5, 5.41) is 2.50. The minimum absolute atomic E-state index is 0.0326. The highest BCUT2D eigenvalue weighted by molar-refractivity contribution is 7.12. The molecule has 0 aliphatic carbocycles. The molecule has 0 saturated carbocycles. The van der Waals surface area contributed by atoms with Gasteiger partial charge in [-0.2, -0.15) is 0 Å². The van der Waals surface area contributed by atoms with Gasteiger partial charge >= 0.3 is 0 Å². The Kier molecular flexibility index (Phi) is 2.90. The molecule has 90 valence electrons. The third kappa shape index (κ3) is 1.94. The van der Waals surface area contributed by atoms with E-state index in [1.54, 1.807) is 11.3 Å². The van der Waals surface area contributed by atoms with Crippen LogP contribution in [0.25, 0.3) is 10.8 Å². The predicted molar refractivity (Wildman–Crippen MR) is 79.0 cm³/mol. The smallest absolute Gasteiger partial charge is 0.0652 e. The van der Waals surface area contributed by atoms with E-state index in [9.17, 15) is 0 Å². The van der Waals surface area contributed by atoms with Crippen LogP contribution >= 0.6 is 11.3 Å². The molecule has 0 aliphatic rings. The van der Waals surface area contributed by atoms with Crippen molar-refractivity contribution in [1.82, 2.24) is 0 Å². The van der Waals surface area contributed by atoms with Crippen LogP contribution in [0.4, 0.5) is 0 Å². The number of rotatable bonds is 2. The number of aryl methyl sites for hydroxylation is 1. The first kappa shape index (κ1) is 11.5. The molecular weight excluding hydrogens is 238 g/mol. The minimum Gasteiger partial charge on any atom is -0.320 e. The molecule has 3 rings (SSSR count). The summed E-state index contributed by atoms with van der Waals surface area (Å²) in [5.74, 6) is 0. The Morgan fingerprint density at radius 1 is 0.944 bits per heavy atom. The molecule has 0 saturated heterocycles. The average Bonchev–Trinajstić information content (AvgIpc) is 2.84. The SMILES string of the molecule is Cc1ccc(C(N)c2cccc3ccccc23)s1. The van der Waals surface area contributed by atoms with Gasteiger partial charge in [-0.15, -0.1) is 11.3 Å². The average molecular weight is 253 g/mol. The van der Waals surface area contributed by atoms with Crippen LogP contribution in [0.3, 0.4) is 0 Å². The molecule has 1 unspecified atom stereocenters. The lowest BCUT2D eigenvalue weighted by atomic mass is 9.98. The Morgan fingerprint density at radius 2 is 1.72 bits per heavy atom. The van der Waals surface area contributed by atoms with E-state index in [0.29, 0.717) is 0 Å². The monoisotopic (exact) mass is 253 g/mol. The summed E-state index contributed by atoms with van der Waals surface area (Å²) in [6.45, 7) is 2.12. The van der Waals surface area contributed by atoms with Crippen molar-refractivity contribution < 1.29 is 0 Å². The number of fused-ring (bicyclic) bond motifs is 1. The van der Waals surface area contributed by atoms with Crippen LogP contribution in [0.1, 0.15) is 21.4 Å². The summed E-state index contributed by atoms with van der Waals surface area (Å²) in [5.41, 5.74) is 7.61. The van der Waals surface area contributed by atoms with Gasteiger partial charge in [-0.3, -0.25) is 0 Å². The standard InChI is InChI=1S/C16H15NS/c1-11-9-10-15(18-11)16(17)14-8-4-6-12-5-2-3-7-13(12)14/h2-10,16H,17H2,1H3. The minimum atomic E-state index is -0.0326. The Balaban J connectivity index is 2.14. The molecule has 0 bridgehead atoms. The number of hydrogen-bond acceptors (Lipinski definition) is 2. The lowest BCUT2D eigenvalue weighted by Crippen LogP contribution is -2.10. The molecule has 0 aliphatic heterocycles. The van der Waals surface area contributed by atoms with Crippen molar-refractivity contribution in [2.45, 2.75) is 13.0 Å². The van der Waals surface area contributed by atoms with Crippen molar-refractivity contribution in [2.24, 2.45) is 5.73 Å². The van der Waals surface area contributed by atoms with Gasteiger partial charge in [0.1, 0.15) is 0 Å². The van der Waals surface area contributed by atoms with Gasteiger partial charge in [-0.25, -0.2) is 0 Å². The van der Waals surface area contributed by atoms with Crippen molar-refractivity contribution in [3.8, 4) is 0 Å². The van der Waals surface area contributed by atoms with Crippen LogP contribution in [-0.2, 0) is 0 Å². The summed E-state index contributed by atoms with van der Waals surface area (Å²) < 4.78 is 0. The number of nitrogens with two attached hydrogens (primary N) is 1. The van der Waals surface area contributed by atoms with Crippen molar-refractivity contribution >= 4 is 22.1 Å². The second-order valence-electron chi connectivity index (χ2n) is 4.49. The van der Waals surface area contributed by atoms with E-state index in [-0.39, 0.29) is 6.04 Å². The van der Waals surface area contributed by atoms with Gasteiger partial charge in [0, 0.05) is 9.75 Å². The van der Waals surface area contributed by atoms with Crippen molar-refractivity contribution in [3.63, 3.8) is 0 Å². The Morgan fingerprint density at radius 3 is 2.50 bits per heavy atom. The van der Waals surface area contributed by atoms with Gasteiger partial charge in [0.2, 0.25) is 0 Å². The van der Waals surface area contributed by atoms with E-state index in [0.717, 1.165) is 0 Å². The van der Waals surface area contributed by atoms with Gasteiger partial charge < -0.3 is 5.73 Å². The fraction of sp³-hybridized carbons (Fsp3) is 0.125. The lowest BCUT2D eigenvalue weighted by Gasteiger charge is -2.13. The third-order valence-corrected chi connectivity index (χ3v) is 4.31. The molecule has 0 spiro atoms. The van der Waals surface area contributed by atoms with Gasteiger partial charge in [0.05, 0.1) is 6.04 Å². The largest absolute Gasteiger partial charge is 0.320 e. The van der Waals surface area contributed by atoms with Crippen LogP contribution in [0.2, 0.25) is 0 Å². The van der Waals surface area contributed by atoms with Gasteiger partial charge in [-0.1, -0.05) is 42.5 Å². The molecule has 2 N–H and O–H groups in total. The Bertz CT molecular complexity index is 679. The molecular formula is C16H15NS. The van der Waals surface area contributed by atoms with E-state index in [1.165, 1.54) is 26.1 Å². The summed E-state index contributed by atoms with van der Waals surface area (Å²) in [6, 6.07) is 19.0. The summed E-state index contributed by atoms with van der Waals surface area (Å²) in [4.78, 5) is 2.53. The molecule has 0 amide bonds. The van der Waals surface area contributed by atoms with E-state index in [2.05, 4.69) is 61.5 Å². The first-order chi connectivity index (χ1) is 8.75. The topological polar surface area (TPSA) is 26.0 Å². The molecule has 1 atom stereocenters. The second kappa shape index (κ2) is 4.56. The molecule has 0 radical (unpaired) electrons. The molecule has 1 nitrogen and oxygen atoms in total. The molecule has 2 aromatic carbocycles. The van der Waals surface area contributed by atoms with Gasteiger partial charge in [-0.05, 0) is 35.4 Å². The fourth-order valence-electron chi connectivity index (χ4n) is 2.30. The fourth-order valence-corrected chi connectivity index (χ4v) is 3.19. The van der Waals surface area contributed by atoms with Gasteiger partial charge in [0.25, 0.3) is 0 Å². The Hall–Kier alpha value is -1.64. The highest BCUT2D eigenvalue weighted by Crippen LogP contribution is 2.30. The zero-order chi connectivity index (χ0) is 12.5. The number of hydrogen-bond donors (Lipinski definition) is 1. The van der Waals surface area contributed by atoms with E-state index in [4.69, 9.17) is 5.73 Å². The molecule has 3 aromatic rings. The molecule has 0 fully saturated rings. The maximum Gasteiger partial charge on any atom is 0.0652 e. The van der Waals surface area contributed by atoms with Crippen LogP contribution in [-0.4, -0.2) is 0 Å². The molecule has 18 heavy (non-hydrogen) atoms. The molecule has 1 heterocycles. The number of benzene rings is 2. The Labute approximate surface area is 111 Å². The van der Waals surface area contributed by atoms with Gasteiger partial charge in [0.15, 0.2) is 0 Å². The van der Waals surface area contributed by atoms with E-state index < -0.39 is 0 Å². The molecule has 2 heteroatoms. The quantitative estimate of drug-likeness (QED) is 0.725. The highest BCUT2D eigenvalue weighted by atomic mass is 32.1. The second-order valence-corrected chi connectivity index (χ2v) is 5.81. The van der Waals surface area contributed by atoms with Crippen LogP contribution in [0, 0.1) is 6.92 Å². The van der Waals surface area contributed by atoms with Crippen LogP contribution in [0.5, 0.6) is 0 Å². The zero-order valence-corrected chi connectivity index (χ0v) is 11.1. The zero-order valence-electron chi connectivity index (χ0n) is 10.3. The van der Waals surface area contributed by atoms with Crippen molar-refractivity contribution in [3.05, 3.63) is 69.9 Å². The maximum absolute atomic E-state index is 6.41. The lowest BCUT2D eigenvalue weighted by molar-refractivity contribution is 0.903. The third-order valence-electron chi connectivity index (χ3n) is 3.23.